The Morgan fingerprint density at radius 1 is 1.27 bits per heavy atom. The first-order chi connectivity index (χ1) is 10.6. The second-order valence-corrected chi connectivity index (χ2v) is 6.04. The van der Waals surface area contributed by atoms with Gasteiger partial charge in [-0.2, -0.15) is 0 Å². The van der Waals surface area contributed by atoms with Crippen LogP contribution in [-0.2, 0) is 19.1 Å². The van der Waals surface area contributed by atoms with Crippen molar-refractivity contribution in [2.45, 2.75) is 25.4 Å². The van der Waals surface area contributed by atoms with Crippen molar-refractivity contribution in [2.24, 2.45) is 11.7 Å². The smallest absolute Gasteiger partial charge is 0.223 e. The zero-order valence-electron chi connectivity index (χ0n) is 13.3. The van der Waals surface area contributed by atoms with Gasteiger partial charge in [0.2, 0.25) is 11.8 Å². The molecule has 2 aliphatic heterocycles. The van der Waals surface area contributed by atoms with Crippen molar-refractivity contribution in [3.05, 3.63) is 0 Å². The number of morpholine rings is 1. The summed E-state index contributed by atoms with van der Waals surface area (Å²) in [5.74, 6) is -0.186. The number of amides is 2. The zero-order chi connectivity index (χ0) is 15.9. The molecule has 2 aliphatic rings. The van der Waals surface area contributed by atoms with E-state index in [-0.39, 0.29) is 30.3 Å². The fourth-order valence-electron chi connectivity index (χ4n) is 3.24. The summed E-state index contributed by atoms with van der Waals surface area (Å²) in [6.07, 6.45) is 1.56. The molecule has 0 spiro atoms. The van der Waals surface area contributed by atoms with Crippen molar-refractivity contribution >= 4 is 11.8 Å². The van der Waals surface area contributed by atoms with Gasteiger partial charge in [0, 0.05) is 58.6 Å². The third kappa shape index (κ3) is 4.93. The summed E-state index contributed by atoms with van der Waals surface area (Å²) in [6, 6.07) is 0. The van der Waals surface area contributed by atoms with E-state index in [9.17, 15) is 9.59 Å². The number of carbonyl (C=O) groups excluding carboxylic acids is 2. The van der Waals surface area contributed by atoms with Crippen LogP contribution in [0.4, 0.5) is 0 Å². The number of hydrogen-bond acceptors (Lipinski definition) is 5. The number of nitrogens with two attached hydrogens (primary N) is 1. The van der Waals surface area contributed by atoms with Gasteiger partial charge >= 0.3 is 0 Å². The van der Waals surface area contributed by atoms with Gasteiger partial charge in [-0.05, 0) is 6.42 Å². The summed E-state index contributed by atoms with van der Waals surface area (Å²) < 4.78 is 10.7. The Bertz CT molecular complexity index is 385. The minimum atomic E-state index is -0.338. The van der Waals surface area contributed by atoms with Gasteiger partial charge in [0.15, 0.2) is 0 Å². The summed E-state index contributed by atoms with van der Waals surface area (Å²) >= 11 is 0. The molecule has 2 heterocycles. The van der Waals surface area contributed by atoms with Crippen molar-refractivity contribution in [1.82, 2.24) is 9.80 Å². The van der Waals surface area contributed by atoms with E-state index >= 15 is 0 Å². The lowest BCUT2D eigenvalue weighted by molar-refractivity contribution is -0.137. The van der Waals surface area contributed by atoms with Crippen LogP contribution < -0.4 is 5.73 Å². The van der Waals surface area contributed by atoms with Crippen LogP contribution in [0.2, 0.25) is 0 Å². The first-order valence-corrected chi connectivity index (χ1v) is 7.99. The molecule has 0 saturated carbocycles. The number of rotatable bonds is 6. The van der Waals surface area contributed by atoms with Gasteiger partial charge < -0.3 is 20.1 Å². The molecule has 0 aromatic carbocycles. The lowest BCUT2D eigenvalue weighted by Gasteiger charge is -2.38. The maximum atomic E-state index is 12.4. The molecule has 2 atom stereocenters. The Morgan fingerprint density at radius 2 is 2.00 bits per heavy atom. The molecule has 126 valence electrons. The summed E-state index contributed by atoms with van der Waals surface area (Å²) in [7, 11) is 1.65. The highest BCUT2D eigenvalue weighted by Crippen LogP contribution is 2.23. The number of piperidine rings is 1. The summed E-state index contributed by atoms with van der Waals surface area (Å²) in [5.41, 5.74) is 5.30. The molecule has 0 unspecified atom stereocenters. The van der Waals surface area contributed by atoms with Gasteiger partial charge in [-0.3, -0.25) is 14.5 Å². The van der Waals surface area contributed by atoms with Crippen LogP contribution in [0.5, 0.6) is 0 Å². The second-order valence-electron chi connectivity index (χ2n) is 6.04. The highest BCUT2D eigenvalue weighted by molar-refractivity contribution is 5.77. The third-order valence-electron chi connectivity index (χ3n) is 4.53. The van der Waals surface area contributed by atoms with E-state index < -0.39 is 0 Å². The largest absolute Gasteiger partial charge is 0.381 e. The highest BCUT2D eigenvalue weighted by Gasteiger charge is 2.32. The molecule has 7 nitrogen and oxygen atoms in total. The first-order valence-electron chi connectivity index (χ1n) is 7.99. The Hall–Kier alpha value is -1.18. The Kier molecular flexibility index (Phi) is 6.60. The van der Waals surface area contributed by atoms with Crippen LogP contribution in [0, 0.1) is 5.92 Å². The van der Waals surface area contributed by atoms with Crippen molar-refractivity contribution in [2.75, 3.05) is 53.0 Å². The number of carbonyl (C=O) groups is 2. The van der Waals surface area contributed by atoms with E-state index in [2.05, 4.69) is 4.90 Å². The van der Waals surface area contributed by atoms with E-state index in [0.29, 0.717) is 19.5 Å². The van der Waals surface area contributed by atoms with Crippen molar-refractivity contribution in [3.8, 4) is 0 Å². The predicted octanol–water partition coefficient (Wildman–Crippen LogP) is -0.552. The second kappa shape index (κ2) is 8.45. The molecule has 7 heteroatoms. The van der Waals surface area contributed by atoms with Gasteiger partial charge in [0.1, 0.15) is 0 Å². The molecule has 2 rings (SSSR count). The fourth-order valence-corrected chi connectivity index (χ4v) is 3.24. The minimum absolute atomic E-state index is 0.00332. The van der Waals surface area contributed by atoms with E-state index in [1.54, 1.807) is 7.11 Å². The number of nitrogens with zero attached hydrogens (tertiary/aromatic N) is 2. The topological polar surface area (TPSA) is 85.1 Å². The molecule has 2 saturated heterocycles. The summed E-state index contributed by atoms with van der Waals surface area (Å²) in [5, 5.41) is 0. The van der Waals surface area contributed by atoms with Crippen molar-refractivity contribution in [1.29, 1.82) is 0 Å². The first kappa shape index (κ1) is 17.2. The standard InChI is InChI=1S/C15H27N3O4/c1-21-13-2-5-18(11-12(13)10-14(16)19)15(20)3-4-17-6-8-22-9-7-17/h12-13H,2-11H2,1H3,(H2,16,19)/t12-,13-/m1/s1. The zero-order valence-corrected chi connectivity index (χ0v) is 13.3. The molecule has 2 N–H and O–H groups in total. The predicted molar refractivity (Wildman–Crippen MR) is 81.2 cm³/mol. The maximum Gasteiger partial charge on any atom is 0.223 e. The molecule has 0 aliphatic carbocycles. The number of methoxy groups -OCH3 is 1. The van der Waals surface area contributed by atoms with Gasteiger partial charge in [-0.1, -0.05) is 0 Å². The SMILES string of the molecule is CO[C@@H]1CCN(C(=O)CCN2CCOCC2)C[C@H]1CC(N)=O. The van der Waals surface area contributed by atoms with E-state index in [1.165, 1.54) is 0 Å². The van der Waals surface area contributed by atoms with Gasteiger partial charge in [0.05, 0.1) is 19.3 Å². The Balaban J connectivity index is 1.80. The Labute approximate surface area is 131 Å². The minimum Gasteiger partial charge on any atom is -0.381 e. The number of primary amides is 1. The lowest BCUT2D eigenvalue weighted by atomic mass is 9.91. The van der Waals surface area contributed by atoms with Gasteiger partial charge in [0.25, 0.3) is 0 Å². The van der Waals surface area contributed by atoms with Crippen LogP contribution in [0.3, 0.4) is 0 Å². The van der Waals surface area contributed by atoms with Crippen LogP contribution in [0.15, 0.2) is 0 Å². The molecule has 0 aromatic rings. The van der Waals surface area contributed by atoms with Crippen LogP contribution in [0.25, 0.3) is 0 Å². The van der Waals surface area contributed by atoms with Crippen molar-refractivity contribution in [3.63, 3.8) is 0 Å². The molecule has 0 radical (unpaired) electrons. The van der Waals surface area contributed by atoms with Crippen LogP contribution in [0.1, 0.15) is 19.3 Å². The molecule has 2 fully saturated rings. The third-order valence-corrected chi connectivity index (χ3v) is 4.53. The molecule has 0 aromatic heterocycles. The monoisotopic (exact) mass is 313 g/mol. The Morgan fingerprint density at radius 3 is 2.64 bits per heavy atom. The summed E-state index contributed by atoms with van der Waals surface area (Å²) in [4.78, 5) is 27.7. The maximum absolute atomic E-state index is 12.4. The molecular weight excluding hydrogens is 286 g/mol. The number of hydrogen-bond donors (Lipinski definition) is 1. The van der Waals surface area contributed by atoms with Crippen molar-refractivity contribution < 1.29 is 19.1 Å². The molecule has 2 amide bonds. The molecule has 0 bridgehead atoms. The highest BCUT2D eigenvalue weighted by atomic mass is 16.5. The van der Waals surface area contributed by atoms with Gasteiger partial charge in [-0.25, -0.2) is 0 Å². The molecular formula is C15H27N3O4. The van der Waals surface area contributed by atoms with E-state index in [1.807, 2.05) is 4.90 Å². The van der Waals surface area contributed by atoms with Crippen LogP contribution >= 0.6 is 0 Å². The average Bonchev–Trinajstić information content (AvgIpc) is 2.53. The number of likely N-dealkylation sites (tertiary alicyclic amines) is 1. The normalized spacial score (nSPS) is 26.9. The average molecular weight is 313 g/mol. The summed E-state index contributed by atoms with van der Waals surface area (Å²) in [6.45, 7) is 5.29. The van der Waals surface area contributed by atoms with E-state index in [0.717, 1.165) is 39.3 Å². The number of ether oxygens (including phenoxy) is 2. The van der Waals surface area contributed by atoms with E-state index in [4.69, 9.17) is 15.2 Å². The van der Waals surface area contributed by atoms with Crippen LogP contribution in [-0.4, -0.2) is 80.8 Å². The lowest BCUT2D eigenvalue weighted by Crippen LogP contribution is -2.48. The quantitative estimate of drug-likeness (QED) is 0.711. The van der Waals surface area contributed by atoms with Gasteiger partial charge in [-0.15, -0.1) is 0 Å². The molecule has 22 heavy (non-hydrogen) atoms. The fraction of sp³-hybridized carbons (Fsp3) is 0.867.